The molecule has 0 aromatic heterocycles. The molecule has 0 fully saturated rings. The Bertz CT molecular complexity index is 593. The van der Waals surface area contributed by atoms with Crippen LogP contribution in [0.1, 0.15) is 13.3 Å². The van der Waals surface area contributed by atoms with Crippen LogP contribution in [-0.4, -0.2) is 27.7 Å². The van der Waals surface area contributed by atoms with Crippen molar-refractivity contribution in [2.24, 2.45) is 0 Å². The highest BCUT2D eigenvalue weighted by Gasteiger charge is 2.32. The van der Waals surface area contributed by atoms with Gasteiger partial charge in [0.25, 0.3) is 0 Å². The van der Waals surface area contributed by atoms with Crippen LogP contribution < -0.4 is 15.2 Å². The molecular weight excluding hydrogens is 316 g/mol. The van der Waals surface area contributed by atoms with E-state index in [0.29, 0.717) is 6.07 Å². The Morgan fingerprint density at radius 1 is 1.38 bits per heavy atom. The van der Waals surface area contributed by atoms with E-state index in [1.807, 2.05) is 4.72 Å². The first kappa shape index (κ1) is 17.5. The highest BCUT2D eigenvalue weighted by Crippen LogP contribution is 2.29. The summed E-state index contributed by atoms with van der Waals surface area (Å²) in [5.41, 5.74) is 5.15. The van der Waals surface area contributed by atoms with Crippen molar-refractivity contribution in [3.63, 3.8) is 0 Å². The Balaban J connectivity index is 3.04. The van der Waals surface area contributed by atoms with Crippen molar-refractivity contribution in [2.45, 2.75) is 30.5 Å². The minimum Gasteiger partial charge on any atom is -0.492 e. The lowest BCUT2D eigenvalue weighted by Crippen LogP contribution is -2.36. The van der Waals surface area contributed by atoms with Crippen LogP contribution in [0.3, 0.4) is 0 Å². The van der Waals surface area contributed by atoms with Crippen LogP contribution >= 0.6 is 0 Å². The van der Waals surface area contributed by atoms with Gasteiger partial charge in [-0.15, -0.1) is 0 Å². The molecule has 1 rings (SSSR count). The number of rotatable bonds is 5. The maximum atomic E-state index is 13.6. The third-order valence-corrected chi connectivity index (χ3v) is 4.02. The summed E-state index contributed by atoms with van der Waals surface area (Å²) in [5, 5.41) is 0. The topological polar surface area (TPSA) is 81.4 Å². The van der Waals surface area contributed by atoms with E-state index in [0.717, 1.165) is 20.1 Å². The second kappa shape index (κ2) is 6.06. The van der Waals surface area contributed by atoms with E-state index >= 15 is 0 Å². The van der Waals surface area contributed by atoms with Gasteiger partial charge in [-0.3, -0.25) is 0 Å². The average Bonchev–Trinajstić information content (AvgIpc) is 2.24. The molecule has 1 aromatic rings. The Morgan fingerprint density at radius 2 is 1.95 bits per heavy atom. The molecule has 0 amide bonds. The first-order chi connectivity index (χ1) is 9.46. The number of methoxy groups -OCH3 is 1. The summed E-state index contributed by atoms with van der Waals surface area (Å²) in [6.45, 7) is 1.05. The van der Waals surface area contributed by atoms with Crippen molar-refractivity contribution < 1.29 is 30.7 Å². The van der Waals surface area contributed by atoms with Crippen molar-refractivity contribution in [1.29, 1.82) is 0 Å². The maximum absolute atomic E-state index is 13.6. The van der Waals surface area contributed by atoms with Gasteiger partial charge in [-0.2, -0.15) is 13.2 Å². The van der Waals surface area contributed by atoms with Gasteiger partial charge < -0.3 is 10.5 Å². The zero-order valence-electron chi connectivity index (χ0n) is 11.2. The number of hydrogen-bond acceptors (Lipinski definition) is 4. The number of nitrogens with two attached hydrogens (primary N) is 1. The second-order valence-electron chi connectivity index (χ2n) is 4.37. The zero-order chi connectivity index (χ0) is 16.4. The first-order valence-corrected chi connectivity index (χ1v) is 7.16. The summed E-state index contributed by atoms with van der Waals surface area (Å²) in [7, 11) is -3.18. The van der Waals surface area contributed by atoms with Crippen LogP contribution in [-0.2, 0) is 10.0 Å². The van der Waals surface area contributed by atoms with E-state index in [9.17, 15) is 26.0 Å². The summed E-state index contributed by atoms with van der Waals surface area (Å²) in [6.07, 6.45) is -5.87. The number of anilines is 1. The van der Waals surface area contributed by atoms with Gasteiger partial charge in [-0.1, -0.05) is 0 Å². The van der Waals surface area contributed by atoms with Crippen molar-refractivity contribution in [1.82, 2.24) is 4.72 Å². The molecule has 1 aromatic carbocycles. The number of benzene rings is 1. The monoisotopic (exact) mass is 330 g/mol. The molecule has 10 heteroatoms. The quantitative estimate of drug-likeness (QED) is 0.639. The van der Waals surface area contributed by atoms with E-state index in [1.54, 1.807) is 0 Å². The van der Waals surface area contributed by atoms with Crippen LogP contribution in [0.15, 0.2) is 17.0 Å². The third kappa shape index (κ3) is 4.74. The second-order valence-corrected chi connectivity index (χ2v) is 6.08. The van der Waals surface area contributed by atoms with E-state index in [2.05, 4.69) is 4.74 Å². The minimum atomic E-state index is -4.52. The Kier molecular flexibility index (Phi) is 5.05. The Labute approximate surface area is 119 Å². The maximum Gasteiger partial charge on any atom is 0.390 e. The lowest BCUT2D eigenvalue weighted by atomic mass is 10.2. The average molecular weight is 330 g/mol. The number of sulfonamides is 1. The molecule has 1 unspecified atom stereocenters. The summed E-state index contributed by atoms with van der Waals surface area (Å²) in [5.74, 6) is -1.36. The van der Waals surface area contributed by atoms with Gasteiger partial charge in [-0.25, -0.2) is 17.5 Å². The normalized spacial score (nSPS) is 14.0. The largest absolute Gasteiger partial charge is 0.492 e. The van der Waals surface area contributed by atoms with E-state index in [-0.39, 0.29) is 11.4 Å². The fraction of sp³-hybridized carbons (Fsp3) is 0.455. The predicted octanol–water partition coefficient (Wildman–Crippen LogP) is 2.04. The zero-order valence-corrected chi connectivity index (χ0v) is 12.0. The molecule has 0 aliphatic rings. The Morgan fingerprint density at radius 3 is 2.38 bits per heavy atom. The van der Waals surface area contributed by atoms with E-state index in [1.165, 1.54) is 0 Å². The van der Waals surface area contributed by atoms with Gasteiger partial charge in [0.05, 0.1) is 24.1 Å². The van der Waals surface area contributed by atoms with E-state index < -0.39 is 39.4 Å². The molecule has 3 N–H and O–H groups in total. The number of nitrogens with one attached hydrogen (secondary N) is 1. The first-order valence-electron chi connectivity index (χ1n) is 5.68. The predicted molar refractivity (Wildman–Crippen MR) is 67.8 cm³/mol. The number of halogens is 4. The van der Waals surface area contributed by atoms with Crippen LogP contribution in [0.25, 0.3) is 0 Å². The fourth-order valence-electron chi connectivity index (χ4n) is 1.68. The summed E-state index contributed by atoms with van der Waals surface area (Å²) in [4.78, 5) is -0.577. The van der Waals surface area contributed by atoms with Gasteiger partial charge in [0, 0.05) is 6.04 Å². The molecule has 120 valence electrons. The van der Waals surface area contributed by atoms with E-state index in [4.69, 9.17) is 5.73 Å². The van der Waals surface area contributed by atoms with Crippen LogP contribution in [0, 0.1) is 5.82 Å². The van der Waals surface area contributed by atoms with Crippen LogP contribution in [0.4, 0.5) is 23.2 Å². The molecule has 0 aliphatic carbocycles. The molecule has 0 spiro atoms. The van der Waals surface area contributed by atoms with Crippen LogP contribution in [0.5, 0.6) is 5.75 Å². The SMILES string of the molecule is COc1c(N)cc(S(=O)(=O)NC(C)CC(F)(F)F)cc1F. The van der Waals surface area contributed by atoms with Gasteiger partial charge >= 0.3 is 6.18 Å². The summed E-state index contributed by atoms with van der Waals surface area (Å²) >= 11 is 0. The standard InChI is InChI=1S/C11H14F4N2O3S/c1-6(5-11(13,14)15)17-21(18,19)7-3-8(12)10(20-2)9(16)4-7/h3-4,6,17H,5,16H2,1-2H3. The van der Waals surface area contributed by atoms with Crippen molar-refractivity contribution in [3.05, 3.63) is 17.9 Å². The third-order valence-electron chi connectivity index (χ3n) is 2.45. The molecule has 1 atom stereocenters. The van der Waals surface area contributed by atoms with Crippen molar-refractivity contribution in [2.75, 3.05) is 12.8 Å². The molecule has 0 bridgehead atoms. The summed E-state index contributed by atoms with van der Waals surface area (Å²) in [6, 6.07) is 0.129. The van der Waals surface area contributed by atoms with Crippen molar-refractivity contribution in [3.8, 4) is 5.75 Å². The lowest BCUT2D eigenvalue weighted by molar-refractivity contribution is -0.137. The minimum absolute atomic E-state index is 0.277. The molecule has 0 aliphatic heterocycles. The number of alkyl halides is 3. The molecule has 0 heterocycles. The van der Waals surface area contributed by atoms with Crippen LogP contribution in [0.2, 0.25) is 0 Å². The molecule has 5 nitrogen and oxygen atoms in total. The highest BCUT2D eigenvalue weighted by molar-refractivity contribution is 7.89. The molecular formula is C11H14F4N2O3S. The lowest BCUT2D eigenvalue weighted by Gasteiger charge is -2.16. The van der Waals surface area contributed by atoms with Gasteiger partial charge in [0.2, 0.25) is 10.0 Å². The molecule has 21 heavy (non-hydrogen) atoms. The molecule has 0 saturated heterocycles. The molecule has 0 saturated carbocycles. The van der Waals surface area contributed by atoms with Crippen molar-refractivity contribution >= 4 is 15.7 Å². The van der Waals surface area contributed by atoms with Gasteiger partial charge in [-0.05, 0) is 19.1 Å². The smallest absolute Gasteiger partial charge is 0.390 e. The molecule has 0 radical (unpaired) electrons. The van der Waals surface area contributed by atoms with Gasteiger partial charge in [0.1, 0.15) is 0 Å². The fourth-order valence-corrected chi connectivity index (χ4v) is 2.97. The van der Waals surface area contributed by atoms with Gasteiger partial charge in [0.15, 0.2) is 11.6 Å². The summed E-state index contributed by atoms with van der Waals surface area (Å²) < 4.78 is 80.3. The Hall–Kier alpha value is -1.55. The number of ether oxygens (including phenoxy) is 1. The highest BCUT2D eigenvalue weighted by atomic mass is 32.2. The number of hydrogen-bond donors (Lipinski definition) is 2. The number of nitrogen functional groups attached to an aromatic ring is 1.